The van der Waals surface area contributed by atoms with Gasteiger partial charge in [-0.15, -0.1) is 0 Å². The molecule has 3 saturated heterocycles. The third-order valence-corrected chi connectivity index (χ3v) is 7.94. The maximum Gasteiger partial charge on any atom is 0.138 e. The van der Waals surface area contributed by atoms with Gasteiger partial charge in [0.2, 0.25) is 0 Å². The lowest BCUT2D eigenvalue weighted by molar-refractivity contribution is 0.162. The highest BCUT2D eigenvalue weighted by Gasteiger charge is 2.44. The Labute approximate surface area is 215 Å². The van der Waals surface area contributed by atoms with Crippen LogP contribution in [0.5, 0.6) is 5.75 Å². The van der Waals surface area contributed by atoms with Gasteiger partial charge in [-0.05, 0) is 87.9 Å². The SMILES string of the molecule is CC.CC1CC2(CCN(c3ccc(OC4CCNCC4)cn3)CC2)CN1c1ccc(C#N)c(Cl)c1. The molecular formula is C28H38ClN5O. The van der Waals surface area contributed by atoms with E-state index in [-0.39, 0.29) is 0 Å². The van der Waals surface area contributed by atoms with Crippen LogP contribution >= 0.6 is 11.6 Å². The van der Waals surface area contributed by atoms with E-state index >= 15 is 0 Å². The number of hydrogen-bond acceptors (Lipinski definition) is 6. The van der Waals surface area contributed by atoms with E-state index < -0.39 is 0 Å². The standard InChI is InChI=1S/C26H32ClN5O.C2H6/c1-19-15-26(18-32(19)21-3-2-20(16-28)24(27)14-21)8-12-31(13-9-26)25-5-4-23(17-30-25)33-22-6-10-29-11-7-22;1-2/h2-5,14,17,19,22,29H,6-13,15,18H2,1H3;1-2H3. The van der Waals surface area contributed by atoms with Gasteiger partial charge in [0.05, 0.1) is 16.8 Å². The summed E-state index contributed by atoms with van der Waals surface area (Å²) in [4.78, 5) is 9.59. The fourth-order valence-electron chi connectivity index (χ4n) is 5.75. The lowest BCUT2D eigenvalue weighted by Gasteiger charge is -2.40. The van der Waals surface area contributed by atoms with Gasteiger partial charge in [-0.2, -0.15) is 5.26 Å². The normalized spacial score (nSPS) is 21.9. The van der Waals surface area contributed by atoms with Crippen LogP contribution < -0.4 is 19.9 Å². The van der Waals surface area contributed by atoms with Gasteiger partial charge in [-0.1, -0.05) is 25.4 Å². The number of ether oxygens (including phenoxy) is 1. The molecule has 0 saturated carbocycles. The topological polar surface area (TPSA) is 64.4 Å². The Morgan fingerprint density at radius 3 is 2.51 bits per heavy atom. The zero-order chi connectivity index (χ0) is 24.8. The second-order valence-electron chi connectivity index (χ2n) is 9.86. The average molecular weight is 496 g/mol. The third kappa shape index (κ3) is 5.85. The van der Waals surface area contributed by atoms with Gasteiger partial charge < -0.3 is 19.9 Å². The second-order valence-corrected chi connectivity index (χ2v) is 10.3. The Morgan fingerprint density at radius 2 is 1.89 bits per heavy atom. The molecule has 3 aliphatic rings. The summed E-state index contributed by atoms with van der Waals surface area (Å²) in [5.41, 5.74) is 1.99. The maximum atomic E-state index is 9.17. The van der Waals surface area contributed by atoms with E-state index in [1.54, 1.807) is 0 Å². The number of rotatable bonds is 4. The van der Waals surface area contributed by atoms with E-state index in [4.69, 9.17) is 26.6 Å². The largest absolute Gasteiger partial charge is 0.489 e. The monoisotopic (exact) mass is 495 g/mol. The number of piperidine rings is 2. The van der Waals surface area contributed by atoms with Crippen molar-refractivity contribution >= 4 is 23.1 Å². The molecule has 35 heavy (non-hydrogen) atoms. The minimum Gasteiger partial charge on any atom is -0.489 e. The van der Waals surface area contributed by atoms with Crippen molar-refractivity contribution in [2.45, 2.75) is 65.0 Å². The van der Waals surface area contributed by atoms with E-state index in [0.29, 0.717) is 28.1 Å². The van der Waals surface area contributed by atoms with Crippen LogP contribution in [0.3, 0.4) is 0 Å². The minimum absolute atomic E-state index is 0.298. The smallest absolute Gasteiger partial charge is 0.138 e. The number of anilines is 2. The van der Waals surface area contributed by atoms with E-state index in [9.17, 15) is 0 Å². The van der Waals surface area contributed by atoms with Crippen molar-refractivity contribution in [1.82, 2.24) is 10.3 Å². The zero-order valence-electron chi connectivity index (χ0n) is 21.3. The quantitative estimate of drug-likeness (QED) is 0.591. The molecule has 1 N–H and O–H groups in total. The van der Waals surface area contributed by atoms with Crippen LogP contribution in [0.2, 0.25) is 5.02 Å². The number of nitrogens with zero attached hydrogens (tertiary/aromatic N) is 4. The predicted molar refractivity (Wildman–Crippen MR) is 144 cm³/mol. The maximum absolute atomic E-state index is 9.17. The molecule has 1 atom stereocenters. The fourth-order valence-corrected chi connectivity index (χ4v) is 5.96. The summed E-state index contributed by atoms with van der Waals surface area (Å²) in [6.07, 6.45) is 7.80. The second kappa shape index (κ2) is 11.5. The van der Waals surface area contributed by atoms with Gasteiger partial charge in [0.1, 0.15) is 23.7 Å². The molecule has 1 spiro atoms. The Kier molecular flexibility index (Phi) is 8.41. The highest BCUT2D eigenvalue weighted by molar-refractivity contribution is 6.32. The van der Waals surface area contributed by atoms with Crippen molar-refractivity contribution in [3.8, 4) is 11.8 Å². The van der Waals surface area contributed by atoms with E-state index in [2.05, 4.69) is 40.2 Å². The Morgan fingerprint density at radius 1 is 1.14 bits per heavy atom. The molecule has 0 radical (unpaired) electrons. The van der Waals surface area contributed by atoms with Gasteiger partial charge in [-0.25, -0.2) is 4.98 Å². The fraction of sp³-hybridized carbons (Fsp3) is 0.571. The lowest BCUT2D eigenvalue weighted by atomic mass is 9.77. The summed E-state index contributed by atoms with van der Waals surface area (Å²) < 4.78 is 6.11. The first-order chi connectivity index (χ1) is 17.0. The molecule has 6 nitrogen and oxygen atoms in total. The number of nitrogens with one attached hydrogen (secondary N) is 1. The number of aromatic nitrogens is 1. The molecule has 0 aliphatic carbocycles. The first-order valence-corrected chi connectivity index (χ1v) is 13.5. The molecule has 1 aromatic heterocycles. The molecule has 1 unspecified atom stereocenters. The van der Waals surface area contributed by atoms with Crippen LogP contribution in [-0.4, -0.2) is 49.9 Å². The number of pyridine rings is 1. The highest BCUT2D eigenvalue weighted by atomic mass is 35.5. The van der Waals surface area contributed by atoms with Crippen molar-refractivity contribution in [3.05, 3.63) is 47.1 Å². The Balaban J connectivity index is 0.00000141. The van der Waals surface area contributed by atoms with Gasteiger partial charge in [0.15, 0.2) is 0 Å². The highest BCUT2D eigenvalue weighted by Crippen LogP contribution is 2.45. The lowest BCUT2D eigenvalue weighted by Crippen LogP contribution is -2.42. The van der Waals surface area contributed by atoms with Crippen molar-refractivity contribution in [1.29, 1.82) is 5.26 Å². The number of halogens is 1. The van der Waals surface area contributed by atoms with Crippen LogP contribution in [0.15, 0.2) is 36.5 Å². The predicted octanol–water partition coefficient (Wildman–Crippen LogP) is 5.65. The summed E-state index contributed by atoms with van der Waals surface area (Å²) in [5, 5.41) is 13.1. The molecule has 0 amide bonds. The van der Waals surface area contributed by atoms with Crippen molar-refractivity contribution in [2.75, 3.05) is 42.5 Å². The van der Waals surface area contributed by atoms with Crippen LogP contribution in [0.4, 0.5) is 11.5 Å². The molecule has 3 fully saturated rings. The molecule has 3 aliphatic heterocycles. The van der Waals surface area contributed by atoms with Gasteiger partial charge in [0.25, 0.3) is 0 Å². The van der Waals surface area contributed by atoms with E-state index in [0.717, 1.165) is 75.7 Å². The molecule has 7 heteroatoms. The van der Waals surface area contributed by atoms with Crippen molar-refractivity contribution in [3.63, 3.8) is 0 Å². The molecule has 188 valence electrons. The summed E-state index contributed by atoms with van der Waals surface area (Å²) >= 11 is 6.31. The summed E-state index contributed by atoms with van der Waals surface area (Å²) in [5.74, 6) is 1.92. The van der Waals surface area contributed by atoms with Crippen LogP contribution in [-0.2, 0) is 0 Å². The third-order valence-electron chi connectivity index (χ3n) is 7.63. The molecule has 5 rings (SSSR count). The molecule has 2 aromatic rings. The Bertz CT molecular complexity index is 1010. The minimum atomic E-state index is 0.298. The van der Waals surface area contributed by atoms with Crippen molar-refractivity contribution < 1.29 is 4.74 Å². The number of hydrogen-bond donors (Lipinski definition) is 1. The van der Waals surface area contributed by atoms with Gasteiger partial charge in [0, 0.05) is 31.4 Å². The number of nitriles is 1. The number of benzene rings is 1. The molecule has 1 aromatic carbocycles. The molecule has 0 bridgehead atoms. The molecular weight excluding hydrogens is 458 g/mol. The zero-order valence-corrected chi connectivity index (χ0v) is 22.0. The van der Waals surface area contributed by atoms with Gasteiger partial charge >= 0.3 is 0 Å². The Hall–Kier alpha value is -2.49. The van der Waals surface area contributed by atoms with Gasteiger partial charge in [-0.3, -0.25) is 0 Å². The summed E-state index contributed by atoms with van der Waals surface area (Å²) in [6.45, 7) is 11.4. The summed E-state index contributed by atoms with van der Waals surface area (Å²) in [7, 11) is 0. The van der Waals surface area contributed by atoms with Crippen molar-refractivity contribution in [2.24, 2.45) is 5.41 Å². The molecule has 4 heterocycles. The average Bonchev–Trinajstić information content (AvgIpc) is 3.22. The van der Waals surface area contributed by atoms with Crippen LogP contribution in [0.1, 0.15) is 58.4 Å². The first-order valence-electron chi connectivity index (χ1n) is 13.1. The van der Waals surface area contributed by atoms with E-state index in [1.165, 1.54) is 6.42 Å². The van der Waals surface area contributed by atoms with Crippen LogP contribution in [0.25, 0.3) is 0 Å². The van der Waals surface area contributed by atoms with Crippen LogP contribution in [0, 0.1) is 16.7 Å². The summed E-state index contributed by atoms with van der Waals surface area (Å²) in [6, 6.07) is 12.6. The van der Waals surface area contributed by atoms with E-state index in [1.807, 2.05) is 38.2 Å². The first kappa shape index (κ1) is 25.6.